The molecule has 0 aliphatic heterocycles. The summed E-state index contributed by atoms with van der Waals surface area (Å²) in [5.74, 6) is 1.97. The predicted octanol–water partition coefficient (Wildman–Crippen LogP) is 4.55. The Morgan fingerprint density at radius 1 is 1.25 bits per heavy atom. The van der Waals surface area contributed by atoms with Crippen LogP contribution < -0.4 is 5.32 Å². The van der Waals surface area contributed by atoms with Crippen molar-refractivity contribution in [2.45, 2.75) is 38.3 Å². The van der Waals surface area contributed by atoms with Crippen LogP contribution in [0.4, 0.5) is 0 Å². The van der Waals surface area contributed by atoms with Crippen molar-refractivity contribution in [2.75, 3.05) is 0 Å². The summed E-state index contributed by atoms with van der Waals surface area (Å²) in [6.07, 6.45) is 5.80. The standard InChI is InChI=1S/C12H15Br2NS/c13-10-5-9(16-12(10)14)6-15-11(7-1-2-7)8-3-4-8/h5,7-8,11,15H,1-4,6H2. The molecule has 0 aromatic carbocycles. The highest BCUT2D eigenvalue weighted by Gasteiger charge is 2.40. The fraction of sp³-hybridized carbons (Fsp3) is 0.667. The number of hydrogen-bond donors (Lipinski definition) is 1. The van der Waals surface area contributed by atoms with Gasteiger partial charge in [-0.3, -0.25) is 0 Å². The van der Waals surface area contributed by atoms with Gasteiger partial charge in [0.1, 0.15) is 0 Å². The van der Waals surface area contributed by atoms with Crippen LogP contribution in [-0.2, 0) is 6.54 Å². The van der Waals surface area contributed by atoms with E-state index in [2.05, 4.69) is 43.2 Å². The van der Waals surface area contributed by atoms with Gasteiger partial charge in [0.05, 0.1) is 3.79 Å². The van der Waals surface area contributed by atoms with Crippen LogP contribution in [0.2, 0.25) is 0 Å². The molecule has 2 aliphatic carbocycles. The average Bonchev–Trinajstić information content (AvgIpc) is 3.12. The maximum Gasteiger partial charge on any atom is 0.0843 e. The molecule has 0 unspecified atom stereocenters. The van der Waals surface area contributed by atoms with Gasteiger partial charge in [0.25, 0.3) is 0 Å². The van der Waals surface area contributed by atoms with Crippen LogP contribution in [0.15, 0.2) is 14.3 Å². The molecule has 2 saturated carbocycles. The van der Waals surface area contributed by atoms with Gasteiger partial charge in [0.2, 0.25) is 0 Å². The van der Waals surface area contributed by atoms with Gasteiger partial charge >= 0.3 is 0 Å². The largest absolute Gasteiger partial charge is 0.309 e. The molecule has 0 saturated heterocycles. The first-order chi connectivity index (χ1) is 7.74. The highest BCUT2D eigenvalue weighted by atomic mass is 79.9. The Labute approximate surface area is 117 Å². The lowest BCUT2D eigenvalue weighted by molar-refractivity contribution is 0.417. The molecular weight excluding hydrogens is 350 g/mol. The van der Waals surface area contributed by atoms with Crippen LogP contribution in [0, 0.1) is 11.8 Å². The van der Waals surface area contributed by atoms with Gasteiger partial charge in [-0.1, -0.05) is 0 Å². The fourth-order valence-electron chi connectivity index (χ4n) is 2.33. The third-order valence-electron chi connectivity index (χ3n) is 3.47. The van der Waals surface area contributed by atoms with Crippen LogP contribution >= 0.6 is 43.2 Å². The van der Waals surface area contributed by atoms with E-state index in [9.17, 15) is 0 Å². The highest BCUT2D eigenvalue weighted by Crippen LogP contribution is 2.44. The molecule has 2 aliphatic rings. The molecule has 1 N–H and O–H groups in total. The van der Waals surface area contributed by atoms with E-state index in [1.807, 2.05) is 11.3 Å². The van der Waals surface area contributed by atoms with Gasteiger partial charge in [0.15, 0.2) is 0 Å². The minimum atomic E-state index is 0.805. The summed E-state index contributed by atoms with van der Waals surface area (Å²) in [7, 11) is 0. The predicted molar refractivity (Wildman–Crippen MR) is 75.8 cm³/mol. The lowest BCUT2D eigenvalue weighted by Gasteiger charge is -2.16. The normalized spacial score (nSPS) is 20.7. The van der Waals surface area contributed by atoms with Crippen LogP contribution in [0.3, 0.4) is 0 Å². The first kappa shape index (κ1) is 11.7. The molecule has 0 radical (unpaired) electrons. The van der Waals surface area contributed by atoms with Crippen LogP contribution in [0.5, 0.6) is 0 Å². The van der Waals surface area contributed by atoms with Crippen molar-refractivity contribution in [1.29, 1.82) is 0 Å². The summed E-state index contributed by atoms with van der Waals surface area (Å²) < 4.78 is 2.39. The average molecular weight is 365 g/mol. The Hall–Kier alpha value is 0.620. The van der Waals surface area contributed by atoms with E-state index in [1.54, 1.807) is 0 Å². The van der Waals surface area contributed by atoms with Crippen molar-refractivity contribution in [3.63, 3.8) is 0 Å². The molecule has 3 rings (SSSR count). The molecule has 1 nitrogen and oxygen atoms in total. The van der Waals surface area contributed by atoms with Crippen molar-refractivity contribution >= 4 is 43.2 Å². The van der Waals surface area contributed by atoms with Crippen molar-refractivity contribution in [2.24, 2.45) is 11.8 Å². The van der Waals surface area contributed by atoms with Crippen LogP contribution in [0.25, 0.3) is 0 Å². The summed E-state index contributed by atoms with van der Waals surface area (Å²) in [6.45, 7) is 1.03. The Morgan fingerprint density at radius 3 is 2.31 bits per heavy atom. The van der Waals surface area contributed by atoms with Crippen molar-refractivity contribution < 1.29 is 0 Å². The third-order valence-corrected chi connectivity index (χ3v) is 6.72. The minimum Gasteiger partial charge on any atom is -0.309 e. The number of halogens is 2. The Kier molecular flexibility index (Phi) is 3.44. The van der Waals surface area contributed by atoms with Gasteiger partial charge in [-0.05, 0) is 75.4 Å². The maximum atomic E-state index is 3.77. The molecule has 4 heteroatoms. The van der Waals surface area contributed by atoms with Crippen molar-refractivity contribution in [3.05, 3.63) is 19.2 Å². The molecule has 2 fully saturated rings. The molecule has 16 heavy (non-hydrogen) atoms. The number of nitrogens with one attached hydrogen (secondary N) is 1. The maximum absolute atomic E-state index is 3.77. The van der Waals surface area contributed by atoms with Gasteiger partial charge in [-0.2, -0.15) is 0 Å². The van der Waals surface area contributed by atoms with E-state index in [1.165, 1.54) is 38.8 Å². The molecule has 0 atom stereocenters. The van der Waals surface area contributed by atoms with E-state index in [0.717, 1.165) is 24.4 Å². The zero-order valence-electron chi connectivity index (χ0n) is 9.01. The SMILES string of the molecule is Brc1cc(CNC(C2CC2)C2CC2)sc1Br. The van der Waals surface area contributed by atoms with Crippen LogP contribution in [-0.4, -0.2) is 6.04 Å². The molecule has 0 spiro atoms. The fourth-order valence-corrected chi connectivity index (χ4v) is 4.45. The van der Waals surface area contributed by atoms with E-state index in [0.29, 0.717) is 0 Å². The van der Waals surface area contributed by atoms with Crippen molar-refractivity contribution in [3.8, 4) is 0 Å². The second-order valence-electron chi connectivity index (χ2n) is 4.92. The molecule has 1 heterocycles. The second kappa shape index (κ2) is 4.71. The zero-order valence-corrected chi connectivity index (χ0v) is 13.0. The highest BCUT2D eigenvalue weighted by molar-refractivity contribution is 9.13. The number of hydrogen-bond acceptors (Lipinski definition) is 2. The molecule has 88 valence electrons. The third kappa shape index (κ3) is 2.71. The summed E-state index contributed by atoms with van der Waals surface area (Å²) in [6, 6.07) is 3.03. The smallest absolute Gasteiger partial charge is 0.0843 e. The molecule has 0 bridgehead atoms. The topological polar surface area (TPSA) is 12.0 Å². The molecular formula is C12H15Br2NS. The lowest BCUT2D eigenvalue weighted by atomic mass is 10.1. The van der Waals surface area contributed by atoms with E-state index < -0.39 is 0 Å². The quantitative estimate of drug-likeness (QED) is 0.807. The van der Waals surface area contributed by atoms with Gasteiger partial charge < -0.3 is 5.32 Å². The Balaban J connectivity index is 1.57. The molecule has 1 aromatic heterocycles. The van der Waals surface area contributed by atoms with E-state index in [-0.39, 0.29) is 0 Å². The zero-order chi connectivity index (χ0) is 11.1. The molecule has 1 aromatic rings. The lowest BCUT2D eigenvalue weighted by Crippen LogP contribution is -2.32. The van der Waals surface area contributed by atoms with E-state index in [4.69, 9.17) is 0 Å². The minimum absolute atomic E-state index is 0.805. The Bertz CT molecular complexity index is 351. The molecule has 0 amide bonds. The monoisotopic (exact) mass is 363 g/mol. The van der Waals surface area contributed by atoms with Crippen molar-refractivity contribution in [1.82, 2.24) is 5.32 Å². The van der Waals surface area contributed by atoms with Gasteiger partial charge in [0, 0.05) is 21.9 Å². The summed E-state index contributed by atoms with van der Waals surface area (Å²) in [4.78, 5) is 1.42. The van der Waals surface area contributed by atoms with Crippen LogP contribution in [0.1, 0.15) is 30.6 Å². The Morgan fingerprint density at radius 2 is 1.88 bits per heavy atom. The number of rotatable bonds is 5. The summed E-state index contributed by atoms with van der Waals surface area (Å²) in [5, 5.41) is 3.77. The second-order valence-corrected chi connectivity index (χ2v) is 8.22. The summed E-state index contributed by atoms with van der Waals surface area (Å²) in [5.41, 5.74) is 0. The first-order valence-corrected chi connectivity index (χ1v) is 8.31. The number of thiophene rings is 1. The first-order valence-electron chi connectivity index (χ1n) is 5.91. The van der Waals surface area contributed by atoms with Gasteiger partial charge in [-0.15, -0.1) is 11.3 Å². The summed E-state index contributed by atoms with van der Waals surface area (Å²) >= 11 is 8.92. The van der Waals surface area contributed by atoms with Gasteiger partial charge in [-0.25, -0.2) is 0 Å². The van der Waals surface area contributed by atoms with E-state index >= 15 is 0 Å².